The minimum absolute atomic E-state index is 0.0215. The number of fused-ring (bicyclic) bond motifs is 3. The topological polar surface area (TPSA) is 219 Å². The Morgan fingerprint density at radius 2 is 1.95 bits per heavy atom. The van der Waals surface area contributed by atoms with Crippen LogP contribution in [0.25, 0.3) is 22.1 Å². The molecular formula is C38H46N6O10S. The van der Waals surface area contributed by atoms with Crippen LogP contribution in [0, 0.1) is 17.8 Å². The number of allylic oxidation sites excluding steroid dienone is 1. The van der Waals surface area contributed by atoms with Crippen molar-refractivity contribution in [2.75, 3.05) is 13.7 Å². The molecule has 1 aromatic carbocycles. The molecule has 2 aliphatic heterocycles. The van der Waals surface area contributed by atoms with Crippen LogP contribution in [0.15, 0.2) is 53.6 Å². The molecule has 2 aromatic heterocycles. The summed E-state index contributed by atoms with van der Waals surface area (Å²) in [5, 5.41) is 15.8. The monoisotopic (exact) mass is 778 g/mol. The highest BCUT2D eigenvalue weighted by Crippen LogP contribution is 2.46. The third-order valence-corrected chi connectivity index (χ3v) is 13.1. The van der Waals surface area contributed by atoms with Gasteiger partial charge < -0.3 is 34.5 Å². The quantitative estimate of drug-likeness (QED) is 0.228. The Labute approximate surface area is 318 Å². The number of sulfonamides is 1. The van der Waals surface area contributed by atoms with Gasteiger partial charge in [-0.3, -0.25) is 19.1 Å². The molecule has 2 saturated carbocycles. The van der Waals surface area contributed by atoms with Crippen LogP contribution in [0.3, 0.4) is 0 Å². The Morgan fingerprint density at radius 3 is 2.64 bits per heavy atom. The van der Waals surface area contributed by atoms with Gasteiger partial charge in [-0.1, -0.05) is 32.4 Å². The van der Waals surface area contributed by atoms with E-state index in [1.807, 2.05) is 26.0 Å². The minimum atomic E-state index is -3.92. The summed E-state index contributed by atoms with van der Waals surface area (Å²) in [5.41, 5.74) is -0.914. The second kappa shape index (κ2) is 15.2. The van der Waals surface area contributed by atoms with Crippen molar-refractivity contribution in [3.05, 3.63) is 49.1 Å². The molecule has 7 rings (SSSR count). The number of amides is 4. The van der Waals surface area contributed by atoms with Crippen molar-refractivity contribution in [1.29, 1.82) is 0 Å². The molecule has 2 aliphatic carbocycles. The number of methoxy groups -OCH3 is 1. The van der Waals surface area contributed by atoms with Gasteiger partial charge in [0, 0.05) is 34.9 Å². The highest BCUT2D eigenvalue weighted by molar-refractivity contribution is 7.91. The van der Waals surface area contributed by atoms with Crippen LogP contribution in [0.5, 0.6) is 11.6 Å². The number of aromatic nitrogens is 2. The second-order valence-corrected chi connectivity index (χ2v) is 17.1. The van der Waals surface area contributed by atoms with E-state index in [0.717, 1.165) is 6.42 Å². The number of rotatable bonds is 9. The first-order chi connectivity index (χ1) is 26.3. The van der Waals surface area contributed by atoms with Gasteiger partial charge in [0.25, 0.3) is 5.91 Å². The predicted molar refractivity (Wildman–Crippen MR) is 198 cm³/mol. The van der Waals surface area contributed by atoms with Crippen molar-refractivity contribution in [2.45, 2.75) is 94.2 Å². The summed E-state index contributed by atoms with van der Waals surface area (Å²) >= 11 is 0. The molecular weight excluding hydrogens is 733 g/mol. The van der Waals surface area contributed by atoms with Crippen molar-refractivity contribution in [1.82, 2.24) is 30.2 Å². The maximum atomic E-state index is 14.6. The molecule has 17 heteroatoms. The van der Waals surface area contributed by atoms with E-state index >= 15 is 0 Å². The Bertz CT molecular complexity index is 2100. The van der Waals surface area contributed by atoms with Gasteiger partial charge in [0.15, 0.2) is 12.2 Å². The number of hydrogen-bond donors (Lipinski definition) is 4. The number of nitrogens with one attached hydrogen (secondary N) is 3. The number of nitrogens with zero attached hydrogens (tertiary/aromatic N) is 3. The summed E-state index contributed by atoms with van der Waals surface area (Å²) in [6.07, 6.45) is 9.56. The fraction of sp³-hybridized carbons (Fsp3) is 0.526. The molecule has 294 valence electrons. The first kappa shape index (κ1) is 38.1. The van der Waals surface area contributed by atoms with Crippen LogP contribution >= 0.6 is 0 Å². The number of carbonyl (C=O) groups is 4. The zero-order valence-electron chi connectivity index (χ0n) is 30.9. The molecule has 7 atom stereocenters. The molecule has 0 unspecified atom stereocenters. The molecule has 55 heavy (non-hydrogen) atoms. The predicted octanol–water partition coefficient (Wildman–Crippen LogP) is 3.77. The summed E-state index contributed by atoms with van der Waals surface area (Å²) in [4.78, 5) is 64.9. The van der Waals surface area contributed by atoms with Crippen LogP contribution < -0.4 is 24.8 Å². The smallest absolute Gasteiger partial charge is 0.405 e. The van der Waals surface area contributed by atoms with E-state index in [1.165, 1.54) is 11.3 Å². The number of ether oxygens (including phenoxy) is 2. The first-order valence-electron chi connectivity index (χ1n) is 18.7. The van der Waals surface area contributed by atoms with Crippen molar-refractivity contribution in [3.63, 3.8) is 0 Å². The van der Waals surface area contributed by atoms with Crippen LogP contribution in [-0.2, 0) is 24.4 Å². The van der Waals surface area contributed by atoms with Gasteiger partial charge in [0.1, 0.15) is 29.5 Å². The molecule has 4 amide bonds. The molecule has 0 spiro atoms. The first-order valence-corrected chi connectivity index (χ1v) is 20.2. The summed E-state index contributed by atoms with van der Waals surface area (Å²) < 4.78 is 45.4. The van der Waals surface area contributed by atoms with E-state index in [4.69, 9.17) is 13.9 Å². The summed E-state index contributed by atoms with van der Waals surface area (Å²) in [7, 11) is -2.38. The number of carbonyl (C=O) groups excluding carboxylic acids is 3. The fourth-order valence-electron chi connectivity index (χ4n) is 7.97. The molecule has 4 aliphatic rings. The maximum Gasteiger partial charge on any atom is 0.405 e. The highest BCUT2D eigenvalue weighted by Gasteiger charge is 2.62. The maximum absolute atomic E-state index is 14.6. The molecule has 4 N–H and O–H groups in total. The normalized spacial score (nSPS) is 28.6. The zero-order valence-corrected chi connectivity index (χ0v) is 31.7. The van der Waals surface area contributed by atoms with Gasteiger partial charge in [-0.15, -0.1) is 0 Å². The second-order valence-electron chi connectivity index (χ2n) is 15.1. The third-order valence-electron chi connectivity index (χ3n) is 11.3. The summed E-state index contributed by atoms with van der Waals surface area (Å²) in [5.74, 6) is -1.55. The summed E-state index contributed by atoms with van der Waals surface area (Å²) in [6.45, 7) is 3.85. The SMILES string of the molecule is CC[C@@H]1C[C@H](C)CCC=C[C@@H]2C[C@@]2(C(=O)NS(=O)(=O)C2CC2)NC(=O)[C@@H]2C[C@@H](Oc3ncc(-c4cnco4)c4cc(OC)ccc34)CN2C(=O)[C@H]1NC(=O)O. The molecule has 0 radical (unpaired) electrons. The lowest BCUT2D eigenvalue weighted by Gasteiger charge is -2.33. The minimum Gasteiger partial charge on any atom is -0.497 e. The average Bonchev–Trinajstić information content (AvgIpc) is 4.02. The van der Waals surface area contributed by atoms with E-state index in [0.29, 0.717) is 59.9 Å². The molecule has 3 fully saturated rings. The van der Waals surface area contributed by atoms with E-state index in [2.05, 4.69) is 25.3 Å². The van der Waals surface area contributed by atoms with Crippen molar-refractivity contribution in [2.24, 2.45) is 17.8 Å². The summed E-state index contributed by atoms with van der Waals surface area (Å²) in [6, 6.07) is 2.98. The number of carboxylic acid groups (broad SMARTS) is 1. The van der Waals surface area contributed by atoms with E-state index in [9.17, 15) is 32.7 Å². The van der Waals surface area contributed by atoms with Gasteiger partial charge in [-0.2, -0.15) is 0 Å². The largest absolute Gasteiger partial charge is 0.497 e. The van der Waals surface area contributed by atoms with Crippen LogP contribution in [0.2, 0.25) is 0 Å². The number of hydrogen-bond acceptors (Lipinski definition) is 11. The van der Waals surface area contributed by atoms with Gasteiger partial charge >= 0.3 is 6.09 Å². The zero-order chi connectivity index (χ0) is 39.1. The molecule has 16 nitrogen and oxygen atoms in total. The molecule has 3 aromatic rings. The third kappa shape index (κ3) is 7.84. The molecule has 0 bridgehead atoms. The number of benzene rings is 1. The van der Waals surface area contributed by atoms with Crippen molar-refractivity contribution < 1.29 is 46.6 Å². The molecule has 1 saturated heterocycles. The van der Waals surface area contributed by atoms with Crippen LogP contribution in [0.1, 0.15) is 65.2 Å². The highest BCUT2D eigenvalue weighted by atomic mass is 32.2. The Morgan fingerprint density at radius 1 is 1.15 bits per heavy atom. The Hall–Kier alpha value is -5.19. The molecule has 4 heterocycles. The van der Waals surface area contributed by atoms with Crippen molar-refractivity contribution in [3.8, 4) is 23.0 Å². The lowest BCUT2D eigenvalue weighted by Crippen LogP contribution is -2.59. The van der Waals surface area contributed by atoms with E-state index in [1.54, 1.807) is 37.7 Å². The Balaban J connectivity index is 1.24. The van der Waals surface area contributed by atoms with Gasteiger partial charge in [-0.25, -0.2) is 23.2 Å². The number of oxazole rings is 1. The van der Waals surface area contributed by atoms with Crippen LogP contribution in [-0.4, -0.2) is 94.8 Å². The average molecular weight is 779 g/mol. The lowest BCUT2D eigenvalue weighted by atomic mass is 9.85. The van der Waals surface area contributed by atoms with E-state index in [-0.39, 0.29) is 37.1 Å². The lowest BCUT2D eigenvalue weighted by molar-refractivity contribution is -0.142. The van der Waals surface area contributed by atoms with Crippen LogP contribution in [0.4, 0.5) is 4.79 Å². The fourth-order valence-corrected chi connectivity index (χ4v) is 9.33. The van der Waals surface area contributed by atoms with Crippen molar-refractivity contribution >= 4 is 44.6 Å². The standard InChI is InChI=1S/C38H46N6O10S/c1-4-22-13-21(2)7-5-6-8-23-16-38(23,36(47)43-55(50,51)26-10-11-26)42-33(45)30-15-25(19-44(30)35(46)32(22)41-37(48)49)54-34-27-12-9-24(52-3)14-28(27)29(17-40-34)31-18-39-20-53-31/h6,8-9,12,14,17-18,20-23,25-26,30,32,41H,4-5,7,10-11,13,15-16,19H2,1-3H3,(H,42,45)(H,43,47)(H,48,49)/t21-,22-,23-,25-,30+,32+,38-/m1/s1. The van der Waals surface area contributed by atoms with Gasteiger partial charge in [0.2, 0.25) is 27.7 Å². The number of pyridine rings is 1. The Kier molecular flexibility index (Phi) is 10.5. The van der Waals surface area contributed by atoms with Gasteiger partial charge in [0.05, 0.1) is 25.1 Å². The van der Waals surface area contributed by atoms with Gasteiger partial charge in [-0.05, 0) is 68.6 Å². The van der Waals surface area contributed by atoms with E-state index < -0.39 is 68.7 Å².